The number of aliphatic carboxylic acids is 1. The summed E-state index contributed by atoms with van der Waals surface area (Å²) in [6.45, 7) is 0.723. The monoisotopic (exact) mass is 206 g/mol. The topological polar surface area (TPSA) is 52.6 Å². The van der Waals surface area contributed by atoms with Crippen molar-refractivity contribution in [2.45, 2.75) is 12.2 Å². The van der Waals surface area contributed by atoms with Crippen molar-refractivity contribution in [2.75, 3.05) is 13.6 Å². The highest BCUT2D eigenvalue weighted by Gasteiger charge is 2.33. The largest absolute Gasteiger partial charge is 0.479 e. The molecule has 4 nitrogen and oxygen atoms in total. The van der Waals surface area contributed by atoms with Crippen molar-refractivity contribution in [3.8, 4) is 0 Å². The molecule has 0 aromatic heterocycles. The summed E-state index contributed by atoms with van der Waals surface area (Å²) in [5, 5.41) is 12.0. The molecule has 1 fully saturated rings. The van der Waals surface area contributed by atoms with Gasteiger partial charge in [-0.15, -0.1) is 0 Å². The fraction of sp³-hybridized carbons (Fsp3) is 0.364. The van der Waals surface area contributed by atoms with E-state index in [2.05, 4.69) is 5.32 Å². The van der Waals surface area contributed by atoms with Crippen molar-refractivity contribution in [1.82, 2.24) is 10.2 Å². The fourth-order valence-corrected chi connectivity index (χ4v) is 1.91. The maximum absolute atomic E-state index is 10.9. The van der Waals surface area contributed by atoms with E-state index < -0.39 is 12.1 Å². The zero-order chi connectivity index (χ0) is 10.8. The van der Waals surface area contributed by atoms with Gasteiger partial charge in [0.1, 0.15) is 0 Å². The molecule has 15 heavy (non-hydrogen) atoms. The molecule has 0 radical (unpaired) electrons. The lowest BCUT2D eigenvalue weighted by molar-refractivity contribution is -0.142. The molecular weight excluding hydrogens is 192 g/mol. The predicted octanol–water partition coefficient (Wildman–Crippen LogP) is 0.673. The molecule has 1 aromatic carbocycles. The molecule has 2 rings (SSSR count). The van der Waals surface area contributed by atoms with Crippen LogP contribution in [0.1, 0.15) is 11.6 Å². The van der Waals surface area contributed by atoms with Gasteiger partial charge in [-0.1, -0.05) is 30.3 Å². The summed E-state index contributed by atoms with van der Waals surface area (Å²) in [5.74, 6) is -0.823. The van der Waals surface area contributed by atoms with Crippen LogP contribution in [0.5, 0.6) is 0 Å². The van der Waals surface area contributed by atoms with Crippen molar-refractivity contribution in [3.63, 3.8) is 0 Å². The van der Waals surface area contributed by atoms with Crippen LogP contribution in [-0.2, 0) is 4.79 Å². The van der Waals surface area contributed by atoms with E-state index in [0.717, 1.165) is 12.1 Å². The molecule has 1 unspecified atom stereocenters. The van der Waals surface area contributed by atoms with Gasteiger partial charge in [0, 0.05) is 12.6 Å². The number of rotatable bonds is 2. The summed E-state index contributed by atoms with van der Waals surface area (Å²) in [5.41, 5.74) is 1.13. The second-order valence-electron chi connectivity index (χ2n) is 3.81. The lowest BCUT2D eigenvalue weighted by Crippen LogP contribution is -2.40. The second kappa shape index (κ2) is 4.00. The van der Waals surface area contributed by atoms with Crippen LogP contribution in [0.15, 0.2) is 30.3 Å². The van der Waals surface area contributed by atoms with Crippen LogP contribution < -0.4 is 5.32 Å². The van der Waals surface area contributed by atoms with Gasteiger partial charge >= 0.3 is 5.97 Å². The molecule has 1 aromatic rings. The summed E-state index contributed by atoms with van der Waals surface area (Å²) in [6, 6.07) is 10.0. The van der Waals surface area contributed by atoms with Crippen LogP contribution in [0.25, 0.3) is 0 Å². The van der Waals surface area contributed by atoms with Crippen molar-refractivity contribution < 1.29 is 9.90 Å². The highest BCUT2D eigenvalue weighted by molar-refractivity contribution is 5.73. The molecule has 1 saturated heterocycles. The maximum atomic E-state index is 10.9. The molecular formula is C11H14N2O2. The molecule has 1 aliphatic heterocycles. The third kappa shape index (κ3) is 2.00. The molecule has 80 valence electrons. The van der Waals surface area contributed by atoms with Crippen LogP contribution in [0.2, 0.25) is 0 Å². The maximum Gasteiger partial charge on any atom is 0.335 e. The summed E-state index contributed by atoms with van der Waals surface area (Å²) in [6.07, 6.45) is -0.574. The van der Waals surface area contributed by atoms with Crippen molar-refractivity contribution in [2.24, 2.45) is 0 Å². The van der Waals surface area contributed by atoms with Crippen molar-refractivity contribution >= 4 is 5.97 Å². The number of nitrogens with one attached hydrogen (secondary N) is 1. The fourth-order valence-electron chi connectivity index (χ4n) is 1.91. The summed E-state index contributed by atoms with van der Waals surface area (Å²) in [7, 11) is 1.81. The summed E-state index contributed by atoms with van der Waals surface area (Å²) >= 11 is 0. The van der Waals surface area contributed by atoms with E-state index in [9.17, 15) is 4.79 Å². The number of carboxylic acids is 1. The average Bonchev–Trinajstić information content (AvgIpc) is 2.62. The molecule has 0 spiro atoms. The van der Waals surface area contributed by atoms with Gasteiger partial charge < -0.3 is 5.11 Å². The van der Waals surface area contributed by atoms with Crippen molar-refractivity contribution in [1.29, 1.82) is 0 Å². The first-order chi connectivity index (χ1) is 7.18. The first-order valence-corrected chi connectivity index (χ1v) is 4.92. The van der Waals surface area contributed by atoms with Crippen molar-refractivity contribution in [3.05, 3.63) is 35.9 Å². The Morgan fingerprint density at radius 2 is 2.13 bits per heavy atom. The minimum Gasteiger partial charge on any atom is -0.479 e. The smallest absolute Gasteiger partial charge is 0.335 e. The van der Waals surface area contributed by atoms with Gasteiger partial charge in [-0.05, 0) is 12.6 Å². The Balaban J connectivity index is 2.13. The lowest BCUT2D eigenvalue weighted by Gasteiger charge is -2.12. The van der Waals surface area contributed by atoms with Crippen LogP contribution in [0, 0.1) is 0 Å². The number of hydrogen-bond donors (Lipinski definition) is 2. The van der Waals surface area contributed by atoms with E-state index in [1.807, 2.05) is 37.4 Å². The number of benzene rings is 1. The van der Waals surface area contributed by atoms with Crippen LogP contribution in [0.4, 0.5) is 0 Å². The summed E-state index contributed by atoms with van der Waals surface area (Å²) in [4.78, 5) is 12.7. The van der Waals surface area contributed by atoms with Gasteiger partial charge in [-0.3, -0.25) is 10.2 Å². The zero-order valence-corrected chi connectivity index (χ0v) is 8.55. The first kappa shape index (κ1) is 10.1. The number of hydrogen-bond acceptors (Lipinski definition) is 3. The molecule has 0 bridgehead atoms. The highest BCUT2D eigenvalue weighted by atomic mass is 16.4. The molecule has 0 saturated carbocycles. The van der Waals surface area contributed by atoms with E-state index in [-0.39, 0.29) is 6.04 Å². The van der Waals surface area contributed by atoms with Gasteiger partial charge in [0.15, 0.2) is 6.17 Å². The molecule has 1 heterocycles. The lowest BCUT2D eigenvalue weighted by atomic mass is 10.1. The van der Waals surface area contributed by atoms with E-state index >= 15 is 0 Å². The average molecular weight is 206 g/mol. The molecule has 4 heteroatoms. The van der Waals surface area contributed by atoms with Crippen LogP contribution in [0.3, 0.4) is 0 Å². The van der Waals surface area contributed by atoms with E-state index in [0.29, 0.717) is 0 Å². The van der Waals surface area contributed by atoms with Crippen LogP contribution >= 0.6 is 0 Å². The zero-order valence-electron chi connectivity index (χ0n) is 8.55. The predicted molar refractivity (Wildman–Crippen MR) is 56.4 cm³/mol. The van der Waals surface area contributed by atoms with Gasteiger partial charge in [0.05, 0.1) is 0 Å². The Kier molecular flexibility index (Phi) is 2.70. The van der Waals surface area contributed by atoms with E-state index in [1.165, 1.54) is 0 Å². The quantitative estimate of drug-likeness (QED) is 0.747. The Labute approximate surface area is 88.5 Å². The molecule has 2 atom stereocenters. The number of carbonyl (C=O) groups is 1. The summed E-state index contributed by atoms with van der Waals surface area (Å²) < 4.78 is 0. The normalized spacial score (nSPS) is 26.7. The number of carboxylic acid groups (broad SMARTS) is 1. The highest BCUT2D eigenvalue weighted by Crippen LogP contribution is 2.20. The molecule has 0 amide bonds. The van der Waals surface area contributed by atoms with E-state index in [4.69, 9.17) is 5.11 Å². The number of likely N-dealkylation sites (N-methyl/N-ethyl adjacent to an activating group) is 1. The Bertz CT molecular complexity index is 353. The second-order valence-corrected chi connectivity index (χ2v) is 3.81. The Hall–Kier alpha value is -1.39. The number of nitrogens with zero attached hydrogens (tertiary/aromatic N) is 1. The standard InChI is InChI=1S/C11H14N2O2/c1-13-7-9(12-10(13)11(14)15)8-5-3-2-4-6-8/h2-6,9-10,12H,7H2,1H3,(H,14,15)/t9-,10?/m1/s1. The SMILES string of the molecule is CN1C[C@H](c2ccccc2)NC1C(=O)O. The molecule has 1 aliphatic rings. The Morgan fingerprint density at radius 3 is 2.67 bits per heavy atom. The third-order valence-corrected chi connectivity index (χ3v) is 2.71. The minimum atomic E-state index is -0.823. The van der Waals surface area contributed by atoms with Gasteiger partial charge in [-0.2, -0.15) is 0 Å². The third-order valence-electron chi connectivity index (χ3n) is 2.71. The van der Waals surface area contributed by atoms with Gasteiger partial charge in [-0.25, -0.2) is 4.79 Å². The van der Waals surface area contributed by atoms with Gasteiger partial charge in [0.2, 0.25) is 0 Å². The van der Waals surface area contributed by atoms with E-state index in [1.54, 1.807) is 4.90 Å². The Morgan fingerprint density at radius 1 is 1.47 bits per heavy atom. The molecule has 2 N–H and O–H groups in total. The first-order valence-electron chi connectivity index (χ1n) is 4.92. The minimum absolute atomic E-state index is 0.109. The van der Waals surface area contributed by atoms with Gasteiger partial charge in [0.25, 0.3) is 0 Å². The molecule has 0 aliphatic carbocycles. The van der Waals surface area contributed by atoms with Crippen LogP contribution in [-0.4, -0.2) is 35.7 Å².